The largest absolute Gasteiger partial charge is 0.339 e. The van der Waals surface area contributed by atoms with Crippen LogP contribution in [0.1, 0.15) is 46.0 Å². The van der Waals surface area contributed by atoms with Crippen molar-refractivity contribution in [3.63, 3.8) is 0 Å². The van der Waals surface area contributed by atoms with Gasteiger partial charge in [0.05, 0.1) is 5.41 Å². The minimum absolute atomic E-state index is 0.195. The van der Waals surface area contributed by atoms with E-state index in [1.165, 1.54) is 12.8 Å². The van der Waals surface area contributed by atoms with Crippen LogP contribution >= 0.6 is 0 Å². The number of hydrogen-bond donors (Lipinski definition) is 1. The van der Waals surface area contributed by atoms with E-state index < -0.39 is 0 Å². The minimum atomic E-state index is -0.195. The molecule has 0 atom stereocenters. The molecule has 0 aromatic carbocycles. The van der Waals surface area contributed by atoms with Gasteiger partial charge in [-0.05, 0) is 45.4 Å². The van der Waals surface area contributed by atoms with E-state index in [2.05, 4.69) is 18.7 Å². The highest BCUT2D eigenvalue weighted by molar-refractivity contribution is 5.84. The molecule has 0 aliphatic heterocycles. The average Bonchev–Trinajstić information content (AvgIpc) is 2.96. The van der Waals surface area contributed by atoms with Gasteiger partial charge in [0.1, 0.15) is 0 Å². The number of hydrogen-bond acceptors (Lipinski definition) is 2. The summed E-state index contributed by atoms with van der Waals surface area (Å²) in [6, 6.07) is 0.317. The Morgan fingerprint density at radius 1 is 1.44 bits per heavy atom. The molecule has 16 heavy (non-hydrogen) atoms. The number of nitrogens with zero attached hydrogens (tertiary/aromatic N) is 1. The predicted octanol–water partition coefficient (Wildman–Crippen LogP) is 1.76. The third-order valence-corrected chi connectivity index (χ3v) is 4.19. The van der Waals surface area contributed by atoms with Crippen molar-refractivity contribution in [3.05, 3.63) is 0 Å². The van der Waals surface area contributed by atoms with Crippen LogP contribution in [-0.4, -0.2) is 29.9 Å². The topological polar surface area (TPSA) is 46.3 Å². The van der Waals surface area contributed by atoms with Crippen molar-refractivity contribution in [2.45, 2.75) is 52.0 Å². The van der Waals surface area contributed by atoms with Gasteiger partial charge in [0, 0.05) is 19.1 Å². The lowest BCUT2D eigenvalue weighted by Gasteiger charge is -2.44. The first-order valence-corrected chi connectivity index (χ1v) is 6.60. The molecule has 2 N–H and O–H groups in total. The fourth-order valence-electron chi connectivity index (χ4n) is 2.52. The van der Waals surface area contributed by atoms with E-state index in [0.29, 0.717) is 18.5 Å². The lowest BCUT2D eigenvalue weighted by Crippen LogP contribution is -2.54. The van der Waals surface area contributed by atoms with Crippen LogP contribution in [0.5, 0.6) is 0 Å². The summed E-state index contributed by atoms with van der Waals surface area (Å²) in [6.07, 6.45) is 5.75. The highest BCUT2D eigenvalue weighted by Gasteiger charge is 2.46. The van der Waals surface area contributed by atoms with Gasteiger partial charge < -0.3 is 10.6 Å². The molecule has 0 spiro atoms. The lowest BCUT2D eigenvalue weighted by molar-refractivity contribution is -0.148. The van der Waals surface area contributed by atoms with Gasteiger partial charge in [-0.15, -0.1) is 0 Å². The highest BCUT2D eigenvalue weighted by Crippen LogP contribution is 2.42. The fraction of sp³-hybridized carbons (Fsp3) is 0.923. The maximum atomic E-state index is 12.5. The molecule has 0 saturated heterocycles. The van der Waals surface area contributed by atoms with E-state index in [9.17, 15) is 4.79 Å². The maximum Gasteiger partial charge on any atom is 0.230 e. The molecule has 0 aromatic rings. The third-order valence-electron chi connectivity index (χ3n) is 4.19. The van der Waals surface area contributed by atoms with Gasteiger partial charge in [-0.1, -0.05) is 6.42 Å². The van der Waals surface area contributed by atoms with Crippen molar-refractivity contribution in [2.24, 2.45) is 17.1 Å². The standard InChI is InChI=1S/C13H24N2O/c1-10(2)15(8-11-4-5-11)12(16)13(9-14)6-3-7-13/h10-11H,3-9,14H2,1-2H3. The summed E-state index contributed by atoms with van der Waals surface area (Å²) in [4.78, 5) is 14.6. The second kappa shape index (κ2) is 4.36. The van der Waals surface area contributed by atoms with Crippen molar-refractivity contribution in [2.75, 3.05) is 13.1 Å². The summed E-state index contributed by atoms with van der Waals surface area (Å²) >= 11 is 0. The second-order valence-electron chi connectivity index (χ2n) is 5.83. The van der Waals surface area contributed by atoms with Crippen molar-refractivity contribution < 1.29 is 4.79 Å². The molecule has 1 amide bonds. The quantitative estimate of drug-likeness (QED) is 0.773. The number of nitrogens with two attached hydrogens (primary N) is 1. The molecule has 3 heteroatoms. The second-order valence-corrected chi connectivity index (χ2v) is 5.83. The van der Waals surface area contributed by atoms with Crippen molar-refractivity contribution in [1.29, 1.82) is 0 Å². The molecule has 0 bridgehead atoms. The molecular weight excluding hydrogens is 200 g/mol. The molecule has 0 radical (unpaired) electrons. The molecule has 2 aliphatic carbocycles. The monoisotopic (exact) mass is 224 g/mol. The Hall–Kier alpha value is -0.570. The van der Waals surface area contributed by atoms with Crippen LogP contribution in [0, 0.1) is 11.3 Å². The normalized spacial score (nSPS) is 23.0. The Kier molecular flexibility index (Phi) is 3.24. The Balaban J connectivity index is 2.03. The van der Waals surface area contributed by atoms with E-state index in [1.807, 2.05) is 0 Å². The van der Waals surface area contributed by atoms with Crippen molar-refractivity contribution >= 4 is 5.91 Å². The van der Waals surface area contributed by atoms with Gasteiger partial charge in [0.25, 0.3) is 0 Å². The zero-order valence-electron chi connectivity index (χ0n) is 10.5. The third kappa shape index (κ3) is 2.10. The lowest BCUT2D eigenvalue weighted by atomic mass is 9.67. The van der Waals surface area contributed by atoms with Crippen LogP contribution < -0.4 is 5.73 Å². The van der Waals surface area contributed by atoms with Gasteiger partial charge in [0.2, 0.25) is 5.91 Å². The van der Waals surface area contributed by atoms with E-state index in [1.54, 1.807) is 0 Å². The molecule has 2 saturated carbocycles. The minimum Gasteiger partial charge on any atom is -0.339 e. The molecule has 2 fully saturated rings. The summed E-state index contributed by atoms with van der Waals surface area (Å²) < 4.78 is 0. The maximum absolute atomic E-state index is 12.5. The highest BCUT2D eigenvalue weighted by atomic mass is 16.2. The molecule has 0 aromatic heterocycles. The van der Waals surface area contributed by atoms with Crippen LogP contribution in [-0.2, 0) is 4.79 Å². The van der Waals surface area contributed by atoms with Gasteiger partial charge in [0.15, 0.2) is 0 Å². The first-order chi connectivity index (χ1) is 7.59. The molecular formula is C13H24N2O. The Morgan fingerprint density at radius 2 is 2.06 bits per heavy atom. The van der Waals surface area contributed by atoms with Gasteiger partial charge in [-0.3, -0.25) is 4.79 Å². The number of carbonyl (C=O) groups is 1. The smallest absolute Gasteiger partial charge is 0.230 e. The van der Waals surface area contributed by atoms with Crippen LogP contribution in [0.15, 0.2) is 0 Å². The summed E-state index contributed by atoms with van der Waals surface area (Å²) in [6.45, 7) is 5.71. The zero-order chi connectivity index (χ0) is 11.8. The Bertz CT molecular complexity index is 262. The van der Waals surface area contributed by atoms with Gasteiger partial charge in [-0.25, -0.2) is 0 Å². The molecule has 0 heterocycles. The zero-order valence-corrected chi connectivity index (χ0v) is 10.5. The van der Waals surface area contributed by atoms with Gasteiger partial charge in [-0.2, -0.15) is 0 Å². The van der Waals surface area contributed by atoms with Crippen LogP contribution in [0.25, 0.3) is 0 Å². The molecule has 0 unspecified atom stereocenters. The average molecular weight is 224 g/mol. The van der Waals surface area contributed by atoms with Crippen LogP contribution in [0.3, 0.4) is 0 Å². The van der Waals surface area contributed by atoms with Crippen molar-refractivity contribution in [3.8, 4) is 0 Å². The molecule has 92 valence electrons. The number of carbonyl (C=O) groups excluding carboxylic acids is 1. The van der Waals surface area contributed by atoms with Gasteiger partial charge >= 0.3 is 0 Å². The van der Waals surface area contributed by atoms with Crippen LogP contribution in [0.2, 0.25) is 0 Å². The predicted molar refractivity (Wildman–Crippen MR) is 64.9 cm³/mol. The van der Waals surface area contributed by atoms with E-state index >= 15 is 0 Å². The molecule has 2 rings (SSSR count). The summed E-state index contributed by atoms with van der Waals surface area (Å²) in [5.41, 5.74) is 5.61. The first-order valence-electron chi connectivity index (χ1n) is 6.60. The Labute approximate surface area is 98.4 Å². The van der Waals surface area contributed by atoms with E-state index in [4.69, 9.17) is 5.73 Å². The van der Waals surface area contributed by atoms with E-state index in [0.717, 1.165) is 31.7 Å². The Morgan fingerprint density at radius 3 is 2.38 bits per heavy atom. The first kappa shape index (κ1) is 11.9. The SMILES string of the molecule is CC(C)N(CC1CC1)C(=O)C1(CN)CCC1. The van der Waals surface area contributed by atoms with Crippen molar-refractivity contribution in [1.82, 2.24) is 4.90 Å². The number of rotatable bonds is 5. The number of amides is 1. The summed E-state index contributed by atoms with van der Waals surface area (Å²) in [5, 5.41) is 0. The van der Waals surface area contributed by atoms with E-state index in [-0.39, 0.29) is 5.41 Å². The molecule has 2 aliphatic rings. The molecule has 3 nitrogen and oxygen atoms in total. The van der Waals surface area contributed by atoms with Crippen LogP contribution in [0.4, 0.5) is 0 Å². The summed E-state index contributed by atoms with van der Waals surface area (Å²) in [7, 11) is 0. The fourth-order valence-corrected chi connectivity index (χ4v) is 2.52. The summed E-state index contributed by atoms with van der Waals surface area (Å²) in [5.74, 6) is 1.09.